The number of rotatable bonds is 7. The predicted octanol–water partition coefficient (Wildman–Crippen LogP) is 1.10. The highest BCUT2D eigenvalue weighted by molar-refractivity contribution is 5.90. The number of unbranched alkanes of at least 4 members (excludes halogenated alkanes) is 2. The lowest BCUT2D eigenvalue weighted by atomic mass is 9.89. The van der Waals surface area contributed by atoms with Gasteiger partial charge in [0.15, 0.2) is 12.4 Å². The Morgan fingerprint density at radius 2 is 1.82 bits per heavy atom. The minimum Gasteiger partial charge on any atom is -1.00 e. The fourth-order valence-electron chi connectivity index (χ4n) is 5.18. The molecule has 1 aromatic carbocycles. The Hall–Kier alpha value is -2.67. The van der Waals surface area contributed by atoms with Gasteiger partial charge < -0.3 is 31.4 Å². The van der Waals surface area contributed by atoms with E-state index in [-0.39, 0.29) is 29.0 Å². The van der Waals surface area contributed by atoms with Crippen molar-refractivity contribution in [2.24, 2.45) is 0 Å². The van der Waals surface area contributed by atoms with Gasteiger partial charge >= 0.3 is 11.6 Å². The topological polar surface area (TPSA) is 74.6 Å². The molecule has 7 heteroatoms. The van der Waals surface area contributed by atoms with Crippen molar-refractivity contribution in [2.45, 2.75) is 57.9 Å². The van der Waals surface area contributed by atoms with Crippen LogP contribution in [0.2, 0.25) is 0 Å². The Morgan fingerprint density at radius 1 is 1.06 bits per heavy atom. The van der Waals surface area contributed by atoms with Crippen molar-refractivity contribution in [3.63, 3.8) is 0 Å². The Kier molecular flexibility index (Phi) is 7.17. The minimum atomic E-state index is -0.738. The highest BCUT2D eigenvalue weighted by Crippen LogP contribution is 2.40. The number of carbonyl (C=O) groups is 1. The summed E-state index contributed by atoms with van der Waals surface area (Å²) in [6.07, 6.45) is 11.0. The first-order valence-corrected chi connectivity index (χ1v) is 11.7. The molecule has 33 heavy (non-hydrogen) atoms. The molecule has 0 aliphatic carbocycles. The average Bonchev–Trinajstić information content (AvgIpc) is 2.80. The van der Waals surface area contributed by atoms with E-state index in [2.05, 4.69) is 15.5 Å². The molecule has 0 saturated carbocycles. The normalized spacial score (nSPS) is 14.6. The van der Waals surface area contributed by atoms with Gasteiger partial charge in [-0.15, -0.1) is 0 Å². The van der Waals surface area contributed by atoms with E-state index < -0.39 is 5.97 Å². The summed E-state index contributed by atoms with van der Waals surface area (Å²) < 4.78 is 7.99. The van der Waals surface area contributed by atoms with E-state index in [9.17, 15) is 9.59 Å². The molecule has 5 rings (SSSR count). The summed E-state index contributed by atoms with van der Waals surface area (Å²) in [4.78, 5) is 26.0. The zero-order valence-corrected chi connectivity index (χ0v) is 20.3. The molecular weight excluding hydrogens is 484 g/mol. The van der Waals surface area contributed by atoms with Crippen LogP contribution in [0.5, 0.6) is 0 Å². The summed E-state index contributed by atoms with van der Waals surface area (Å²) in [6.45, 7) is 3.02. The van der Waals surface area contributed by atoms with Crippen molar-refractivity contribution in [1.29, 1.82) is 0 Å². The SMILES string of the molecule is O=C(O)CCCCC[n+]1ccc(-c2cc3cc4c5c(c3oc2=O)CCCN5CCC4)cc1.[Br-]. The van der Waals surface area contributed by atoms with Crippen molar-refractivity contribution in [3.8, 4) is 11.1 Å². The van der Waals surface area contributed by atoms with E-state index in [0.29, 0.717) is 12.0 Å². The molecule has 0 spiro atoms. The van der Waals surface area contributed by atoms with Gasteiger partial charge in [0.1, 0.15) is 12.1 Å². The van der Waals surface area contributed by atoms with Crippen LogP contribution in [0.25, 0.3) is 22.1 Å². The Morgan fingerprint density at radius 3 is 2.58 bits per heavy atom. The van der Waals surface area contributed by atoms with Gasteiger partial charge in [0.25, 0.3) is 0 Å². The first kappa shape index (κ1) is 23.5. The number of hydrogen-bond acceptors (Lipinski definition) is 4. The Labute approximate surface area is 203 Å². The Balaban J connectivity index is 0.00000259. The number of benzene rings is 1. The molecule has 2 aliphatic rings. The quantitative estimate of drug-likeness (QED) is 0.291. The standard InChI is InChI=1S/C26H28N2O4.BrH/c29-23(30)8-2-1-3-11-27-14-9-18(10-15-27)22-17-20-16-19-6-4-12-28-13-5-7-21(24(19)28)25(20)32-26(22)31;/h9-10,14-17H,1-8,11-13H2;1H. The number of pyridine rings is 1. The van der Waals surface area contributed by atoms with Gasteiger partial charge in [0.2, 0.25) is 0 Å². The zero-order valence-electron chi connectivity index (χ0n) is 18.7. The lowest BCUT2D eigenvalue weighted by Gasteiger charge is -2.37. The maximum Gasteiger partial charge on any atom is 0.344 e. The highest BCUT2D eigenvalue weighted by Gasteiger charge is 2.27. The summed E-state index contributed by atoms with van der Waals surface area (Å²) >= 11 is 0. The van der Waals surface area contributed by atoms with Gasteiger partial charge in [0.05, 0.1) is 5.56 Å². The molecule has 1 N–H and O–H groups in total. The van der Waals surface area contributed by atoms with E-state index in [1.165, 1.54) is 23.2 Å². The molecule has 3 aromatic rings. The van der Waals surface area contributed by atoms with Gasteiger partial charge in [-0.3, -0.25) is 4.79 Å². The van der Waals surface area contributed by atoms with Gasteiger partial charge in [-0.1, -0.05) is 0 Å². The molecule has 0 fully saturated rings. The van der Waals surface area contributed by atoms with Crippen LogP contribution in [-0.2, 0) is 24.2 Å². The second kappa shape index (κ2) is 10.1. The van der Waals surface area contributed by atoms with E-state index in [0.717, 1.165) is 68.3 Å². The van der Waals surface area contributed by atoms with E-state index >= 15 is 0 Å². The number of anilines is 1. The molecule has 6 nitrogen and oxygen atoms in total. The monoisotopic (exact) mass is 512 g/mol. The molecule has 0 bridgehead atoms. The molecule has 0 saturated heterocycles. The number of halogens is 1. The van der Waals surface area contributed by atoms with Gasteiger partial charge in [-0.25, -0.2) is 9.36 Å². The number of hydrogen-bond donors (Lipinski definition) is 1. The van der Waals surface area contributed by atoms with Crippen molar-refractivity contribution < 1.29 is 35.9 Å². The first-order valence-electron chi connectivity index (χ1n) is 11.7. The number of carboxylic acids is 1. The van der Waals surface area contributed by atoms with E-state index in [4.69, 9.17) is 9.52 Å². The minimum absolute atomic E-state index is 0. The number of carboxylic acid groups (broad SMARTS) is 1. The third-order valence-electron chi connectivity index (χ3n) is 6.72. The van der Waals surface area contributed by atoms with Gasteiger partial charge in [-0.2, -0.15) is 0 Å². The van der Waals surface area contributed by atoms with E-state index in [1.807, 2.05) is 30.6 Å². The summed E-state index contributed by atoms with van der Waals surface area (Å²) in [5.41, 5.74) is 5.84. The summed E-state index contributed by atoms with van der Waals surface area (Å²) in [5.74, 6) is -0.738. The third kappa shape index (κ3) is 4.83. The number of nitrogens with zero attached hydrogens (tertiary/aromatic N) is 2. The number of fused-ring (bicyclic) bond motifs is 2. The molecule has 4 heterocycles. The number of aliphatic carboxylic acids is 1. The molecule has 2 aliphatic heterocycles. The highest BCUT2D eigenvalue weighted by atomic mass is 79.9. The summed E-state index contributed by atoms with van der Waals surface area (Å²) in [5, 5.41) is 9.74. The molecule has 0 atom stereocenters. The fourth-order valence-corrected chi connectivity index (χ4v) is 5.18. The van der Waals surface area contributed by atoms with Crippen molar-refractivity contribution in [3.05, 3.63) is 58.2 Å². The lowest BCUT2D eigenvalue weighted by molar-refractivity contribution is -0.697. The summed E-state index contributed by atoms with van der Waals surface area (Å²) in [7, 11) is 0. The maximum absolute atomic E-state index is 12.9. The second-order valence-corrected chi connectivity index (χ2v) is 8.95. The maximum atomic E-state index is 12.9. The fraction of sp³-hybridized carbons (Fsp3) is 0.423. The lowest BCUT2D eigenvalue weighted by Crippen LogP contribution is -3.00. The molecular formula is C26H29BrN2O4. The Bertz CT molecular complexity index is 1220. The van der Waals surface area contributed by atoms with Crippen LogP contribution >= 0.6 is 0 Å². The van der Waals surface area contributed by atoms with Crippen LogP contribution in [0.15, 0.2) is 45.9 Å². The molecule has 0 radical (unpaired) electrons. The van der Waals surface area contributed by atoms with Crippen LogP contribution in [0.3, 0.4) is 0 Å². The van der Waals surface area contributed by atoms with Crippen molar-refractivity contribution in [2.75, 3.05) is 18.0 Å². The molecule has 2 aromatic heterocycles. The average molecular weight is 513 g/mol. The van der Waals surface area contributed by atoms with Crippen molar-refractivity contribution in [1.82, 2.24) is 0 Å². The third-order valence-corrected chi connectivity index (χ3v) is 6.72. The molecule has 174 valence electrons. The number of aromatic nitrogens is 1. The number of aryl methyl sites for hydroxylation is 3. The van der Waals surface area contributed by atoms with Gasteiger partial charge in [0, 0.05) is 60.3 Å². The van der Waals surface area contributed by atoms with Crippen molar-refractivity contribution >= 4 is 22.6 Å². The molecule has 0 unspecified atom stereocenters. The predicted molar refractivity (Wildman–Crippen MR) is 123 cm³/mol. The van der Waals surface area contributed by atoms with E-state index in [1.54, 1.807) is 0 Å². The van der Waals surface area contributed by atoms with Crippen LogP contribution in [0, 0.1) is 0 Å². The largest absolute Gasteiger partial charge is 1.00 e. The van der Waals surface area contributed by atoms with Crippen LogP contribution in [0.1, 0.15) is 49.7 Å². The first-order chi connectivity index (χ1) is 15.6. The smallest absolute Gasteiger partial charge is 0.344 e. The molecule has 0 amide bonds. The van der Waals surface area contributed by atoms with Gasteiger partial charge in [-0.05, 0) is 56.2 Å². The second-order valence-electron chi connectivity index (χ2n) is 8.95. The van der Waals surface area contributed by atoms with Crippen LogP contribution in [0.4, 0.5) is 5.69 Å². The van der Waals surface area contributed by atoms with Crippen LogP contribution < -0.4 is 32.1 Å². The van der Waals surface area contributed by atoms with Crippen LogP contribution in [-0.4, -0.2) is 24.2 Å². The summed E-state index contributed by atoms with van der Waals surface area (Å²) in [6, 6.07) is 8.13. The zero-order chi connectivity index (χ0) is 22.1.